The predicted molar refractivity (Wildman–Crippen MR) is 195 cm³/mol. The average molecular weight is 639 g/mol. The first-order valence-corrected chi connectivity index (χ1v) is 9.66. The predicted octanol–water partition coefficient (Wildman–Crippen LogP) is 13.3. The van der Waals surface area contributed by atoms with Crippen LogP contribution in [-0.2, 0) is 28.2 Å². The Morgan fingerprint density at radius 2 is 0.929 bits per heavy atom. The summed E-state index contributed by atoms with van der Waals surface area (Å²) in [5, 5.41) is 0. The SMILES string of the molecule is C.C.C.C.C.C.C.C.C.C.C.C.CC.CC.CCOOc1ccc(-c2ncc(-c3ccc(O[C-]=O)cc3)cn2)cc1.[V]. The van der Waals surface area contributed by atoms with E-state index in [2.05, 4.69) is 14.7 Å². The Hall–Kier alpha value is -2.67. The molecule has 3 aromatic rings. The number of hydrogen-bond acceptors (Lipinski definition) is 6. The van der Waals surface area contributed by atoms with Gasteiger partial charge in [-0.1, -0.05) is 129 Å². The minimum Gasteiger partial charge on any atom is -0.610 e. The fraction of sp³-hybridized carbons (Fsp3) is 0.514. The number of carbonyl (C=O) groups excluding carboxylic acids is 1. The summed E-state index contributed by atoms with van der Waals surface area (Å²) < 4.78 is 4.65. The van der Waals surface area contributed by atoms with Gasteiger partial charge in [0.25, 0.3) is 0 Å². The molecule has 0 saturated heterocycles. The van der Waals surface area contributed by atoms with E-state index in [-0.39, 0.29) is 108 Å². The number of benzene rings is 2. The Kier molecular flexibility index (Phi) is 101. The minimum atomic E-state index is 0. The summed E-state index contributed by atoms with van der Waals surface area (Å²) >= 11 is 0. The Bertz CT molecular complexity index is 827. The second-order valence-electron chi connectivity index (χ2n) is 5.02. The van der Waals surface area contributed by atoms with Crippen LogP contribution < -0.4 is 9.62 Å². The smallest absolute Gasteiger partial charge is 0.170 e. The molecule has 6 nitrogen and oxygen atoms in total. The third-order valence-corrected chi connectivity index (χ3v) is 3.38. The maximum atomic E-state index is 10.2. The third kappa shape index (κ3) is 27.5. The van der Waals surface area contributed by atoms with E-state index in [4.69, 9.17) is 9.78 Å². The summed E-state index contributed by atoms with van der Waals surface area (Å²) in [7, 11) is 0. The molecule has 0 N–H and O–H groups in total. The van der Waals surface area contributed by atoms with Crippen LogP contribution in [0.4, 0.5) is 0 Å². The zero-order valence-electron chi connectivity index (χ0n) is 18.0. The normalized spacial score (nSPS) is 6.40. The van der Waals surface area contributed by atoms with E-state index in [1.54, 1.807) is 36.7 Å². The summed E-state index contributed by atoms with van der Waals surface area (Å²) in [6, 6.07) is 14.3. The van der Waals surface area contributed by atoms with E-state index in [0.717, 1.165) is 16.7 Å². The second kappa shape index (κ2) is 51.1. The quantitative estimate of drug-likeness (QED) is 0.146. The van der Waals surface area contributed by atoms with Crippen molar-refractivity contribution in [2.75, 3.05) is 6.61 Å². The van der Waals surface area contributed by atoms with Crippen molar-refractivity contribution in [1.29, 1.82) is 0 Å². The van der Waals surface area contributed by atoms with Crippen LogP contribution in [0.1, 0.15) is 124 Å². The maximum Gasteiger partial charge on any atom is 0.170 e. The molecule has 3 rings (SSSR count). The first-order valence-electron chi connectivity index (χ1n) is 9.66. The van der Waals surface area contributed by atoms with Crippen molar-refractivity contribution in [3.63, 3.8) is 0 Å². The van der Waals surface area contributed by atoms with Gasteiger partial charge in [0.05, 0.1) is 6.61 Å². The van der Waals surface area contributed by atoms with Crippen LogP contribution in [0.5, 0.6) is 11.5 Å². The van der Waals surface area contributed by atoms with Crippen LogP contribution in [0.25, 0.3) is 22.5 Å². The zero-order chi connectivity index (χ0) is 21.5. The fourth-order valence-electron chi connectivity index (χ4n) is 2.18. The van der Waals surface area contributed by atoms with E-state index in [0.29, 0.717) is 23.9 Å². The molecule has 1 aromatic heterocycles. The summed E-state index contributed by atoms with van der Waals surface area (Å²) in [6.07, 6.45) is 3.49. The fourth-order valence-corrected chi connectivity index (χ4v) is 2.18. The molecule has 0 unspecified atom stereocenters. The minimum absolute atomic E-state index is 0. The first-order chi connectivity index (χ1) is 14.3. The van der Waals surface area contributed by atoms with Crippen LogP contribution in [0.3, 0.4) is 0 Å². The third-order valence-electron chi connectivity index (χ3n) is 3.38. The molecule has 7 heteroatoms. The molecule has 1 heterocycles. The monoisotopic (exact) mass is 639 g/mol. The van der Waals surface area contributed by atoms with Crippen molar-refractivity contribution in [2.24, 2.45) is 0 Å². The van der Waals surface area contributed by atoms with E-state index in [1.807, 2.05) is 58.9 Å². The summed E-state index contributed by atoms with van der Waals surface area (Å²) in [4.78, 5) is 29.0. The molecule has 0 saturated carbocycles. The van der Waals surface area contributed by atoms with Crippen molar-refractivity contribution < 1.29 is 37.9 Å². The molecule has 0 aliphatic heterocycles. The molecule has 0 amide bonds. The van der Waals surface area contributed by atoms with Gasteiger partial charge in [0.2, 0.25) is 0 Å². The maximum absolute atomic E-state index is 10.2. The van der Waals surface area contributed by atoms with Crippen LogP contribution in [-0.4, -0.2) is 23.0 Å². The van der Waals surface area contributed by atoms with E-state index < -0.39 is 0 Å². The molecule has 1 radical (unpaired) electrons. The molecule has 0 bridgehead atoms. The van der Waals surface area contributed by atoms with Crippen molar-refractivity contribution >= 4 is 6.47 Å². The molecule has 0 fully saturated rings. The molecule has 255 valence electrons. The van der Waals surface area contributed by atoms with Gasteiger partial charge in [-0.25, -0.2) is 9.97 Å². The van der Waals surface area contributed by atoms with Gasteiger partial charge < -0.3 is 14.4 Å². The van der Waals surface area contributed by atoms with Gasteiger partial charge in [0.15, 0.2) is 18.0 Å². The van der Waals surface area contributed by atoms with Crippen LogP contribution in [0.15, 0.2) is 60.9 Å². The Labute approximate surface area is 278 Å². The van der Waals surface area contributed by atoms with Crippen molar-refractivity contribution in [1.82, 2.24) is 9.97 Å². The summed E-state index contributed by atoms with van der Waals surface area (Å²) in [5.41, 5.74) is 2.66. The van der Waals surface area contributed by atoms with E-state index in [9.17, 15) is 4.79 Å². The van der Waals surface area contributed by atoms with Gasteiger partial charge in [0.1, 0.15) is 0 Å². The number of aromatic nitrogens is 2. The topological polar surface area (TPSA) is 70.5 Å². The zero-order valence-corrected chi connectivity index (χ0v) is 19.4. The number of ether oxygens (including phenoxy) is 1. The van der Waals surface area contributed by atoms with Crippen molar-refractivity contribution in [3.05, 3.63) is 60.9 Å². The Morgan fingerprint density at radius 1 is 0.571 bits per heavy atom. The molecule has 0 spiro atoms. The molecule has 0 aliphatic rings. The van der Waals surface area contributed by atoms with Gasteiger partial charge in [-0.3, -0.25) is 0 Å². The summed E-state index contributed by atoms with van der Waals surface area (Å²) in [6.45, 7) is 11.7. The molecular weight excluding hydrogens is 563 g/mol. The Balaban J connectivity index is -0.0000000432. The molecule has 2 aromatic carbocycles. The number of nitrogens with zero attached hydrogens (tertiary/aromatic N) is 2. The molecule has 0 atom stereocenters. The Morgan fingerprint density at radius 3 is 1.29 bits per heavy atom. The average Bonchev–Trinajstić information content (AvgIpc) is 2.82. The molecule has 42 heavy (non-hydrogen) atoms. The number of hydrogen-bond donors (Lipinski definition) is 0. The van der Waals surface area contributed by atoms with Crippen LogP contribution in [0.2, 0.25) is 0 Å². The van der Waals surface area contributed by atoms with Gasteiger partial charge >= 0.3 is 0 Å². The summed E-state index contributed by atoms with van der Waals surface area (Å²) in [5.74, 6) is 1.67. The molecule has 0 aliphatic carbocycles. The van der Waals surface area contributed by atoms with Gasteiger partial charge in [-0.15, -0.1) is 12.1 Å². The van der Waals surface area contributed by atoms with E-state index in [1.165, 1.54) is 6.47 Å². The van der Waals surface area contributed by atoms with Crippen molar-refractivity contribution in [3.8, 4) is 34.0 Å². The van der Waals surface area contributed by atoms with Gasteiger partial charge in [-0.05, 0) is 42.5 Å². The molecular formula is C35H75N2O4V-. The standard InChI is InChI=1S/C19H15N2O4.2C2H6.12CH4.V/c1-2-24-25-18-9-5-15(6-10-18)19-20-11-16(12-21-19)14-3-7-17(8-4-14)23-13-22;2*1-2;;;;;;;;;;;;;/h3-12H,2H2,1H3;2*1-2H3;12*1H4;/q-1;;;;;;;;;;;;;;;. The van der Waals surface area contributed by atoms with E-state index >= 15 is 0 Å². The number of rotatable bonds is 7. The second-order valence-corrected chi connectivity index (χ2v) is 5.02. The van der Waals surface area contributed by atoms with Crippen LogP contribution in [0, 0.1) is 0 Å². The largest absolute Gasteiger partial charge is 0.610 e. The van der Waals surface area contributed by atoms with Gasteiger partial charge in [-0.2, -0.15) is 4.89 Å². The van der Waals surface area contributed by atoms with Crippen molar-refractivity contribution in [2.45, 2.75) is 124 Å². The van der Waals surface area contributed by atoms with Gasteiger partial charge in [0, 0.05) is 42.1 Å². The first kappa shape index (κ1) is 83.3. The van der Waals surface area contributed by atoms with Crippen LogP contribution >= 0.6 is 0 Å².